The zero-order valence-corrected chi connectivity index (χ0v) is 30.8. The van der Waals surface area contributed by atoms with Gasteiger partial charge in [-0.25, -0.2) is 19.5 Å². The molecule has 0 bridgehead atoms. The number of imidazole rings is 2. The van der Waals surface area contributed by atoms with Gasteiger partial charge in [0.05, 0.1) is 33.8 Å². The molecular formula is C40H49N7O5. The molecule has 1 atom stereocenters. The maximum absolute atomic E-state index is 14.2. The summed E-state index contributed by atoms with van der Waals surface area (Å²) in [5.41, 5.74) is 13.0. The lowest BCUT2D eigenvalue weighted by atomic mass is 9.81. The highest BCUT2D eigenvalue weighted by atomic mass is 16.6. The van der Waals surface area contributed by atoms with Crippen molar-refractivity contribution in [3.63, 3.8) is 0 Å². The second-order valence-corrected chi connectivity index (χ2v) is 15.4. The largest absolute Gasteiger partial charge is 0.444 e. The lowest BCUT2D eigenvalue weighted by molar-refractivity contribution is -0.130. The van der Waals surface area contributed by atoms with E-state index in [4.69, 9.17) is 15.5 Å². The number of imide groups is 1. The van der Waals surface area contributed by atoms with Crippen LogP contribution in [-0.4, -0.2) is 56.0 Å². The Bertz CT molecular complexity index is 2150. The van der Waals surface area contributed by atoms with Gasteiger partial charge in [0.2, 0.25) is 5.91 Å². The number of nitrogens with one attached hydrogen (secondary N) is 4. The second-order valence-electron chi connectivity index (χ2n) is 15.4. The number of carbonyl (C=O) groups is 3. The molecule has 12 nitrogen and oxygen atoms in total. The number of aryl methyl sites for hydroxylation is 1. The maximum atomic E-state index is 14.2. The van der Waals surface area contributed by atoms with Gasteiger partial charge in [-0.1, -0.05) is 38.1 Å². The van der Waals surface area contributed by atoms with Crippen LogP contribution in [0.1, 0.15) is 83.2 Å². The molecule has 0 aliphatic heterocycles. The minimum absolute atomic E-state index is 0.190. The van der Waals surface area contributed by atoms with Crippen LogP contribution in [-0.2, 0) is 20.7 Å². The number of aromatic amines is 3. The molecule has 12 heteroatoms. The standard InChI is InChI=1S/C40H49N7O5/c1-22(2)35-43-32-17-23(3)29(20-34(32)44-35)26-11-7-24(8-12-26)18-30(41)37(49)47(28-15-16-31-33(19-28)46-38(50)45-31)36(48)27-13-9-25(10-14-27)21-42-39(51)52-40(4,5)6/h7-8,11-12,15-17,19-20,22,25,27,30H,9-10,13-14,18,21,41H2,1-6H3,(H,42,51)(H,43,44)(H2,45,46,50)/t25-,27-,30?. The summed E-state index contributed by atoms with van der Waals surface area (Å²) in [7, 11) is 0. The summed E-state index contributed by atoms with van der Waals surface area (Å²) in [6.45, 7) is 12.2. The Morgan fingerprint density at radius 3 is 2.31 bits per heavy atom. The van der Waals surface area contributed by atoms with Crippen molar-refractivity contribution >= 4 is 45.7 Å². The Kier molecular flexibility index (Phi) is 10.4. The van der Waals surface area contributed by atoms with E-state index in [-0.39, 0.29) is 23.9 Å². The number of nitrogens with two attached hydrogens (primary N) is 1. The highest BCUT2D eigenvalue weighted by molar-refractivity contribution is 6.17. The average molecular weight is 708 g/mol. The normalized spacial score (nSPS) is 17.0. The van der Waals surface area contributed by atoms with E-state index in [2.05, 4.69) is 53.2 Å². The van der Waals surface area contributed by atoms with Crippen molar-refractivity contribution in [2.24, 2.45) is 17.6 Å². The molecule has 274 valence electrons. The van der Waals surface area contributed by atoms with Gasteiger partial charge in [-0.05, 0) is 118 Å². The quantitative estimate of drug-likeness (QED) is 0.115. The molecule has 3 aromatic carbocycles. The third-order valence-corrected chi connectivity index (χ3v) is 9.76. The lowest BCUT2D eigenvalue weighted by Crippen LogP contribution is -2.50. The number of benzene rings is 3. The monoisotopic (exact) mass is 707 g/mol. The zero-order valence-electron chi connectivity index (χ0n) is 30.8. The van der Waals surface area contributed by atoms with Crippen LogP contribution in [0.3, 0.4) is 0 Å². The number of ether oxygens (including phenoxy) is 1. The fourth-order valence-corrected chi connectivity index (χ4v) is 6.96. The number of fused-ring (bicyclic) bond motifs is 2. The number of hydrogen-bond donors (Lipinski definition) is 5. The SMILES string of the molecule is Cc1cc2[nH]c(C(C)C)nc2cc1-c1ccc(CC(N)C(=O)N(c2ccc3[nH]c(=O)[nH]c3c2)C(=O)[C@H]2CC[C@H](CNC(=O)OC(C)(C)C)CC2)cc1. The Labute approximate surface area is 302 Å². The fourth-order valence-electron chi connectivity index (χ4n) is 6.96. The van der Waals surface area contributed by atoms with E-state index < -0.39 is 29.6 Å². The summed E-state index contributed by atoms with van der Waals surface area (Å²) >= 11 is 0. The highest BCUT2D eigenvalue weighted by Gasteiger charge is 2.35. The Balaban J connectivity index is 1.17. The van der Waals surface area contributed by atoms with Crippen molar-refractivity contribution in [3.8, 4) is 11.1 Å². The van der Waals surface area contributed by atoms with Gasteiger partial charge in [0.15, 0.2) is 0 Å². The fraction of sp³-hybridized carbons (Fsp3) is 0.425. The molecule has 52 heavy (non-hydrogen) atoms. The molecule has 6 rings (SSSR count). The van der Waals surface area contributed by atoms with Gasteiger partial charge in [0.25, 0.3) is 5.91 Å². The number of alkyl carbamates (subject to hydrolysis) is 1. The molecule has 2 aromatic heterocycles. The Hall–Kier alpha value is -5.23. The molecular weight excluding hydrogens is 658 g/mol. The van der Waals surface area contributed by atoms with Crippen LogP contribution in [0.25, 0.3) is 33.2 Å². The van der Waals surface area contributed by atoms with E-state index in [9.17, 15) is 19.2 Å². The molecule has 1 unspecified atom stereocenters. The van der Waals surface area contributed by atoms with Crippen LogP contribution >= 0.6 is 0 Å². The number of hydrogen-bond acceptors (Lipinski definition) is 7. The molecule has 0 saturated heterocycles. The first-order valence-corrected chi connectivity index (χ1v) is 18.1. The van der Waals surface area contributed by atoms with Crippen LogP contribution in [0.5, 0.6) is 0 Å². The first kappa shape index (κ1) is 36.6. The van der Waals surface area contributed by atoms with Gasteiger partial charge in [-0.15, -0.1) is 0 Å². The van der Waals surface area contributed by atoms with E-state index in [0.717, 1.165) is 39.1 Å². The average Bonchev–Trinajstić information content (AvgIpc) is 3.69. The lowest BCUT2D eigenvalue weighted by Gasteiger charge is -2.32. The summed E-state index contributed by atoms with van der Waals surface area (Å²) in [6, 6.07) is 16.1. The van der Waals surface area contributed by atoms with Crippen LogP contribution in [0.15, 0.2) is 59.4 Å². The van der Waals surface area contributed by atoms with Crippen LogP contribution in [0.4, 0.5) is 10.5 Å². The molecule has 1 saturated carbocycles. The molecule has 1 fully saturated rings. The smallest absolute Gasteiger partial charge is 0.407 e. The molecule has 1 aliphatic rings. The van der Waals surface area contributed by atoms with Crippen LogP contribution in [0.2, 0.25) is 0 Å². The van der Waals surface area contributed by atoms with Gasteiger partial charge in [0.1, 0.15) is 11.4 Å². The van der Waals surface area contributed by atoms with Gasteiger partial charge in [0, 0.05) is 18.4 Å². The number of nitrogens with zero attached hydrogens (tertiary/aromatic N) is 2. The summed E-state index contributed by atoms with van der Waals surface area (Å²) in [6.07, 6.45) is 2.31. The highest BCUT2D eigenvalue weighted by Crippen LogP contribution is 2.33. The van der Waals surface area contributed by atoms with E-state index in [1.165, 1.54) is 4.90 Å². The van der Waals surface area contributed by atoms with E-state index in [0.29, 0.717) is 54.9 Å². The predicted octanol–water partition coefficient (Wildman–Crippen LogP) is 6.59. The Morgan fingerprint density at radius 2 is 1.63 bits per heavy atom. The first-order valence-electron chi connectivity index (χ1n) is 18.1. The van der Waals surface area contributed by atoms with Gasteiger partial charge < -0.3 is 30.7 Å². The molecule has 1 aliphatic carbocycles. The Morgan fingerprint density at radius 1 is 0.942 bits per heavy atom. The van der Waals surface area contributed by atoms with Crippen molar-refractivity contribution in [2.45, 2.75) is 91.2 Å². The number of H-pyrrole nitrogens is 3. The number of amides is 3. The summed E-state index contributed by atoms with van der Waals surface area (Å²) in [5.74, 6) is 0.200. The minimum atomic E-state index is -0.998. The van der Waals surface area contributed by atoms with E-state index in [1.807, 2.05) is 45.0 Å². The van der Waals surface area contributed by atoms with Crippen molar-refractivity contribution in [1.29, 1.82) is 0 Å². The molecule has 0 spiro atoms. The number of rotatable bonds is 9. The molecule has 5 aromatic rings. The summed E-state index contributed by atoms with van der Waals surface area (Å²) < 4.78 is 5.36. The topological polar surface area (TPSA) is 179 Å². The third-order valence-electron chi connectivity index (χ3n) is 9.76. The number of carbonyl (C=O) groups excluding carboxylic acids is 3. The second kappa shape index (κ2) is 14.8. The molecule has 3 amide bonds. The number of anilines is 1. The van der Waals surface area contributed by atoms with E-state index >= 15 is 0 Å². The summed E-state index contributed by atoms with van der Waals surface area (Å²) in [5, 5.41) is 2.84. The minimum Gasteiger partial charge on any atom is -0.444 e. The van der Waals surface area contributed by atoms with E-state index in [1.54, 1.807) is 18.2 Å². The predicted molar refractivity (Wildman–Crippen MR) is 203 cm³/mol. The third kappa shape index (κ3) is 8.28. The maximum Gasteiger partial charge on any atom is 0.407 e. The van der Waals surface area contributed by atoms with Crippen molar-refractivity contribution in [2.75, 3.05) is 11.4 Å². The number of aromatic nitrogens is 4. The van der Waals surface area contributed by atoms with Crippen LogP contribution < -0.4 is 21.6 Å². The van der Waals surface area contributed by atoms with Crippen molar-refractivity contribution in [3.05, 3.63) is 82.0 Å². The summed E-state index contributed by atoms with van der Waals surface area (Å²) in [4.78, 5) is 67.3. The van der Waals surface area contributed by atoms with Crippen molar-refractivity contribution < 1.29 is 19.1 Å². The molecule has 6 N–H and O–H groups in total. The zero-order chi connectivity index (χ0) is 37.3. The van der Waals surface area contributed by atoms with Gasteiger partial charge >= 0.3 is 11.8 Å². The van der Waals surface area contributed by atoms with Gasteiger partial charge in [-0.2, -0.15) is 0 Å². The van der Waals surface area contributed by atoms with Crippen LogP contribution in [0, 0.1) is 18.8 Å². The van der Waals surface area contributed by atoms with Crippen molar-refractivity contribution in [1.82, 2.24) is 25.3 Å². The first-order chi connectivity index (χ1) is 24.6. The van der Waals surface area contributed by atoms with Gasteiger partial charge in [-0.3, -0.25) is 9.59 Å². The molecule has 0 radical (unpaired) electrons. The molecule has 2 heterocycles.